The molecule has 104 valence electrons. The lowest BCUT2D eigenvalue weighted by Gasteiger charge is -2.25. The van der Waals surface area contributed by atoms with Crippen molar-refractivity contribution in [2.45, 2.75) is 12.5 Å². The van der Waals surface area contributed by atoms with E-state index in [0.717, 1.165) is 12.0 Å². The van der Waals surface area contributed by atoms with Gasteiger partial charge in [0.05, 0.1) is 0 Å². The summed E-state index contributed by atoms with van der Waals surface area (Å²) in [5.41, 5.74) is 2.03. The van der Waals surface area contributed by atoms with Gasteiger partial charge in [-0.25, -0.2) is 0 Å². The smallest absolute Gasteiger partial charge is 0.325 e. The summed E-state index contributed by atoms with van der Waals surface area (Å²) in [5, 5.41) is 9.45. The summed E-state index contributed by atoms with van der Waals surface area (Å²) in [6.07, 6.45) is 0.841. The van der Waals surface area contributed by atoms with Crippen LogP contribution in [0, 0.1) is 0 Å². The number of carboxylic acids is 1. The molecule has 0 aliphatic rings. The maximum absolute atomic E-state index is 11.5. The van der Waals surface area contributed by atoms with Gasteiger partial charge in [-0.1, -0.05) is 60.7 Å². The van der Waals surface area contributed by atoms with Crippen LogP contribution in [-0.2, 0) is 11.2 Å². The number of benzene rings is 2. The molecule has 0 amide bonds. The lowest BCUT2D eigenvalue weighted by molar-refractivity contribution is -0.143. The highest BCUT2D eigenvalue weighted by atomic mass is 16.4. The van der Waals surface area contributed by atoms with E-state index in [1.165, 1.54) is 5.56 Å². The van der Waals surface area contributed by atoms with Crippen LogP contribution in [0.2, 0.25) is 0 Å². The van der Waals surface area contributed by atoms with Crippen LogP contribution in [0.4, 0.5) is 0 Å². The topological polar surface area (TPSA) is 40.5 Å². The molecular formula is C17H19NO2. The van der Waals surface area contributed by atoms with Crippen LogP contribution in [0.15, 0.2) is 60.7 Å². The minimum atomic E-state index is -0.813. The Balaban J connectivity index is 2.05. The molecule has 0 spiro atoms. The fourth-order valence-corrected chi connectivity index (χ4v) is 2.30. The molecule has 0 radical (unpaired) electrons. The summed E-state index contributed by atoms with van der Waals surface area (Å²) in [4.78, 5) is 13.4. The van der Waals surface area contributed by atoms with Gasteiger partial charge in [0, 0.05) is 6.54 Å². The van der Waals surface area contributed by atoms with Crippen LogP contribution in [0.1, 0.15) is 17.2 Å². The van der Waals surface area contributed by atoms with Gasteiger partial charge in [-0.05, 0) is 24.6 Å². The Kier molecular flexibility index (Phi) is 4.91. The molecule has 0 saturated heterocycles. The van der Waals surface area contributed by atoms with Gasteiger partial charge in [0.2, 0.25) is 0 Å². The van der Waals surface area contributed by atoms with Crippen LogP contribution >= 0.6 is 0 Å². The third kappa shape index (κ3) is 3.68. The number of carboxylic acid groups (broad SMARTS) is 1. The van der Waals surface area contributed by atoms with Crippen LogP contribution in [0.25, 0.3) is 0 Å². The van der Waals surface area contributed by atoms with Crippen LogP contribution in [-0.4, -0.2) is 29.6 Å². The van der Waals surface area contributed by atoms with Gasteiger partial charge in [-0.3, -0.25) is 9.69 Å². The Bertz CT molecular complexity index is 539. The van der Waals surface area contributed by atoms with Gasteiger partial charge in [0.15, 0.2) is 0 Å². The minimum Gasteiger partial charge on any atom is -0.480 e. The summed E-state index contributed by atoms with van der Waals surface area (Å²) in [6, 6.07) is 18.9. The van der Waals surface area contributed by atoms with Gasteiger partial charge in [0.25, 0.3) is 0 Å². The molecule has 3 nitrogen and oxygen atoms in total. The molecule has 1 unspecified atom stereocenters. The molecule has 0 aliphatic heterocycles. The summed E-state index contributed by atoms with van der Waals surface area (Å²) in [6.45, 7) is 0.704. The SMILES string of the molecule is CN(CCc1ccccc1)C(C(=O)O)c1ccccc1. The molecule has 2 rings (SSSR count). The van der Waals surface area contributed by atoms with E-state index in [0.29, 0.717) is 6.54 Å². The molecule has 0 aromatic heterocycles. The average molecular weight is 269 g/mol. The molecule has 1 N–H and O–H groups in total. The molecule has 1 atom stereocenters. The Morgan fingerprint density at radius 3 is 2.15 bits per heavy atom. The Morgan fingerprint density at radius 2 is 1.60 bits per heavy atom. The van der Waals surface area contributed by atoms with Crippen LogP contribution in [0.3, 0.4) is 0 Å². The van der Waals surface area contributed by atoms with E-state index < -0.39 is 12.0 Å². The summed E-state index contributed by atoms with van der Waals surface area (Å²) in [5.74, 6) is -0.813. The van der Waals surface area contributed by atoms with Crippen molar-refractivity contribution < 1.29 is 9.90 Å². The van der Waals surface area contributed by atoms with Gasteiger partial charge in [-0.2, -0.15) is 0 Å². The molecule has 20 heavy (non-hydrogen) atoms. The van der Waals surface area contributed by atoms with E-state index in [1.54, 1.807) is 0 Å². The zero-order valence-electron chi connectivity index (χ0n) is 11.6. The lowest BCUT2D eigenvalue weighted by Crippen LogP contribution is -2.32. The second kappa shape index (κ2) is 6.87. The number of rotatable bonds is 6. The maximum Gasteiger partial charge on any atom is 0.325 e. The minimum absolute atomic E-state index is 0.597. The third-order valence-corrected chi connectivity index (χ3v) is 3.39. The fourth-order valence-electron chi connectivity index (χ4n) is 2.30. The van der Waals surface area contributed by atoms with Crippen LogP contribution in [0.5, 0.6) is 0 Å². The molecule has 0 bridgehead atoms. The highest BCUT2D eigenvalue weighted by Crippen LogP contribution is 2.19. The van der Waals surface area contributed by atoms with Gasteiger partial charge in [-0.15, -0.1) is 0 Å². The zero-order chi connectivity index (χ0) is 14.4. The van der Waals surface area contributed by atoms with Crippen LogP contribution < -0.4 is 0 Å². The van der Waals surface area contributed by atoms with Crippen molar-refractivity contribution in [3.05, 3.63) is 71.8 Å². The largest absolute Gasteiger partial charge is 0.480 e. The number of aliphatic carboxylic acids is 1. The maximum atomic E-state index is 11.5. The van der Waals surface area contributed by atoms with Crippen molar-refractivity contribution in [3.63, 3.8) is 0 Å². The fraction of sp³-hybridized carbons (Fsp3) is 0.235. The normalized spacial score (nSPS) is 12.3. The molecule has 0 aliphatic carbocycles. The number of hydrogen-bond donors (Lipinski definition) is 1. The summed E-state index contributed by atoms with van der Waals surface area (Å²) >= 11 is 0. The number of hydrogen-bond acceptors (Lipinski definition) is 2. The van der Waals surface area contributed by atoms with Crippen molar-refractivity contribution in [3.8, 4) is 0 Å². The first kappa shape index (κ1) is 14.3. The predicted molar refractivity (Wildman–Crippen MR) is 79.6 cm³/mol. The number of likely N-dealkylation sites (N-methyl/N-ethyl adjacent to an activating group) is 1. The van der Waals surface area contributed by atoms with E-state index in [9.17, 15) is 9.90 Å². The van der Waals surface area contributed by atoms with Gasteiger partial charge >= 0.3 is 5.97 Å². The number of nitrogens with zero attached hydrogens (tertiary/aromatic N) is 1. The second-order valence-electron chi connectivity index (χ2n) is 4.87. The molecule has 0 saturated carbocycles. The Morgan fingerprint density at radius 1 is 1.05 bits per heavy atom. The summed E-state index contributed by atoms with van der Waals surface area (Å²) in [7, 11) is 1.86. The first-order valence-corrected chi connectivity index (χ1v) is 6.70. The van der Waals surface area contributed by atoms with E-state index in [1.807, 2.05) is 60.5 Å². The highest BCUT2D eigenvalue weighted by molar-refractivity contribution is 5.75. The van der Waals surface area contributed by atoms with Crippen molar-refractivity contribution in [1.82, 2.24) is 4.90 Å². The van der Waals surface area contributed by atoms with Crippen molar-refractivity contribution in [1.29, 1.82) is 0 Å². The molecule has 2 aromatic carbocycles. The standard InChI is InChI=1S/C17H19NO2/c1-18(13-12-14-8-4-2-5-9-14)16(17(19)20)15-10-6-3-7-11-15/h2-11,16H,12-13H2,1H3,(H,19,20). The van der Waals surface area contributed by atoms with Gasteiger partial charge < -0.3 is 5.11 Å². The molecule has 0 heterocycles. The molecule has 2 aromatic rings. The predicted octanol–water partition coefficient (Wildman–Crippen LogP) is 2.99. The second-order valence-corrected chi connectivity index (χ2v) is 4.87. The summed E-state index contributed by atoms with van der Waals surface area (Å²) < 4.78 is 0. The molecule has 3 heteroatoms. The Hall–Kier alpha value is -2.13. The zero-order valence-corrected chi connectivity index (χ0v) is 11.6. The average Bonchev–Trinajstić information content (AvgIpc) is 2.47. The Labute approximate surface area is 119 Å². The highest BCUT2D eigenvalue weighted by Gasteiger charge is 2.23. The van der Waals surface area contributed by atoms with Crippen molar-refractivity contribution >= 4 is 5.97 Å². The first-order valence-electron chi connectivity index (χ1n) is 6.70. The molecular weight excluding hydrogens is 250 g/mol. The van der Waals surface area contributed by atoms with E-state index in [4.69, 9.17) is 0 Å². The molecule has 0 fully saturated rings. The monoisotopic (exact) mass is 269 g/mol. The van der Waals surface area contributed by atoms with Crippen molar-refractivity contribution in [2.24, 2.45) is 0 Å². The van der Waals surface area contributed by atoms with E-state index in [-0.39, 0.29) is 0 Å². The quantitative estimate of drug-likeness (QED) is 0.876. The van der Waals surface area contributed by atoms with E-state index in [2.05, 4.69) is 12.1 Å². The number of carbonyl (C=O) groups is 1. The van der Waals surface area contributed by atoms with Crippen molar-refractivity contribution in [2.75, 3.05) is 13.6 Å². The van der Waals surface area contributed by atoms with Gasteiger partial charge in [0.1, 0.15) is 6.04 Å². The third-order valence-electron chi connectivity index (χ3n) is 3.39. The lowest BCUT2D eigenvalue weighted by atomic mass is 10.0. The van der Waals surface area contributed by atoms with E-state index >= 15 is 0 Å². The first-order chi connectivity index (χ1) is 9.68.